The lowest BCUT2D eigenvalue weighted by molar-refractivity contribution is 1.06. The maximum absolute atomic E-state index is 4.41. The molecule has 0 saturated carbocycles. The van der Waals surface area contributed by atoms with E-state index in [2.05, 4.69) is 20.5 Å². The molecule has 0 unspecified atom stereocenters. The van der Waals surface area contributed by atoms with Crippen LogP contribution in [0.2, 0.25) is 0 Å². The SMILES string of the molecule is CNc1nnc2c(N(C)c3ccccc3)nccn12. The highest BCUT2D eigenvalue weighted by molar-refractivity contribution is 5.72. The smallest absolute Gasteiger partial charge is 0.228 e. The standard InChI is InChI=1S/C13H14N6/c1-14-13-17-16-12-11(15-8-9-19(12)13)18(2)10-6-4-3-5-7-10/h3-9H,1-2H3,(H,14,17). The molecule has 1 aromatic carbocycles. The minimum absolute atomic E-state index is 0.695. The summed E-state index contributed by atoms with van der Waals surface area (Å²) in [6.07, 6.45) is 3.58. The van der Waals surface area contributed by atoms with E-state index in [9.17, 15) is 0 Å². The molecule has 6 nitrogen and oxygen atoms in total. The molecule has 0 spiro atoms. The van der Waals surface area contributed by atoms with Gasteiger partial charge in [-0.15, -0.1) is 10.2 Å². The van der Waals surface area contributed by atoms with Gasteiger partial charge in [-0.1, -0.05) is 18.2 Å². The van der Waals surface area contributed by atoms with Crippen LogP contribution in [0.1, 0.15) is 0 Å². The van der Waals surface area contributed by atoms with E-state index in [1.54, 1.807) is 6.20 Å². The topological polar surface area (TPSA) is 58.4 Å². The average molecular weight is 254 g/mol. The Morgan fingerprint density at radius 1 is 1.16 bits per heavy atom. The fourth-order valence-electron chi connectivity index (χ4n) is 1.99. The zero-order valence-electron chi connectivity index (χ0n) is 10.8. The first-order valence-corrected chi connectivity index (χ1v) is 5.97. The van der Waals surface area contributed by atoms with Gasteiger partial charge in [-0.3, -0.25) is 4.40 Å². The first kappa shape index (κ1) is 11.5. The van der Waals surface area contributed by atoms with Gasteiger partial charge in [-0.25, -0.2) is 4.98 Å². The Kier molecular flexibility index (Phi) is 2.75. The average Bonchev–Trinajstić information content (AvgIpc) is 2.90. The number of aromatic nitrogens is 4. The van der Waals surface area contributed by atoms with Crippen LogP contribution in [0.5, 0.6) is 0 Å². The summed E-state index contributed by atoms with van der Waals surface area (Å²) in [5.74, 6) is 1.46. The molecule has 0 amide bonds. The first-order chi connectivity index (χ1) is 9.31. The van der Waals surface area contributed by atoms with Crippen LogP contribution in [-0.2, 0) is 0 Å². The van der Waals surface area contributed by atoms with Gasteiger partial charge in [-0.05, 0) is 12.1 Å². The number of nitrogens with zero attached hydrogens (tertiary/aromatic N) is 5. The maximum atomic E-state index is 4.41. The maximum Gasteiger partial charge on any atom is 0.228 e. The molecule has 3 aromatic rings. The Hall–Kier alpha value is -2.63. The van der Waals surface area contributed by atoms with Crippen molar-refractivity contribution in [1.82, 2.24) is 19.6 Å². The monoisotopic (exact) mass is 254 g/mol. The number of hydrogen-bond donors (Lipinski definition) is 1. The van der Waals surface area contributed by atoms with Gasteiger partial charge in [0.05, 0.1) is 0 Å². The number of benzene rings is 1. The van der Waals surface area contributed by atoms with E-state index in [4.69, 9.17) is 0 Å². The van der Waals surface area contributed by atoms with Crippen molar-refractivity contribution in [2.24, 2.45) is 0 Å². The molecule has 0 aliphatic carbocycles. The molecule has 0 radical (unpaired) electrons. The number of rotatable bonds is 3. The zero-order chi connectivity index (χ0) is 13.2. The molecular weight excluding hydrogens is 240 g/mol. The van der Waals surface area contributed by atoms with E-state index < -0.39 is 0 Å². The molecule has 1 N–H and O–H groups in total. The van der Waals surface area contributed by atoms with Crippen LogP contribution in [0.3, 0.4) is 0 Å². The van der Waals surface area contributed by atoms with Crippen molar-refractivity contribution < 1.29 is 0 Å². The molecule has 3 rings (SSSR count). The van der Waals surface area contributed by atoms with Crippen molar-refractivity contribution >= 4 is 23.1 Å². The summed E-state index contributed by atoms with van der Waals surface area (Å²) >= 11 is 0. The second-order valence-corrected chi connectivity index (χ2v) is 4.11. The Bertz CT molecular complexity index is 691. The predicted molar refractivity (Wildman–Crippen MR) is 74.8 cm³/mol. The van der Waals surface area contributed by atoms with E-state index in [0.29, 0.717) is 5.95 Å². The fraction of sp³-hybridized carbons (Fsp3) is 0.154. The minimum Gasteiger partial charge on any atom is -0.357 e. The fourth-order valence-corrected chi connectivity index (χ4v) is 1.99. The van der Waals surface area contributed by atoms with E-state index in [1.807, 2.05) is 59.9 Å². The van der Waals surface area contributed by atoms with Crippen LogP contribution < -0.4 is 10.2 Å². The molecule has 96 valence electrons. The van der Waals surface area contributed by atoms with Gasteiger partial charge in [0.2, 0.25) is 11.6 Å². The largest absolute Gasteiger partial charge is 0.357 e. The predicted octanol–water partition coefficient (Wildman–Crippen LogP) is 1.93. The molecule has 0 atom stereocenters. The highest BCUT2D eigenvalue weighted by Crippen LogP contribution is 2.25. The number of hydrogen-bond acceptors (Lipinski definition) is 5. The summed E-state index contributed by atoms with van der Waals surface area (Å²) in [4.78, 5) is 6.40. The molecule has 2 aromatic heterocycles. The van der Waals surface area contributed by atoms with Crippen molar-refractivity contribution in [1.29, 1.82) is 0 Å². The minimum atomic E-state index is 0.695. The third-order valence-corrected chi connectivity index (χ3v) is 2.99. The van der Waals surface area contributed by atoms with Crippen LogP contribution in [0.15, 0.2) is 42.7 Å². The number of fused-ring (bicyclic) bond motifs is 1. The third kappa shape index (κ3) is 1.87. The molecule has 0 saturated heterocycles. The van der Waals surface area contributed by atoms with E-state index >= 15 is 0 Å². The number of anilines is 3. The van der Waals surface area contributed by atoms with Gasteiger partial charge in [0.1, 0.15) is 0 Å². The van der Waals surface area contributed by atoms with E-state index in [1.165, 1.54) is 0 Å². The van der Waals surface area contributed by atoms with Gasteiger partial charge in [0.25, 0.3) is 0 Å². The van der Waals surface area contributed by atoms with E-state index in [-0.39, 0.29) is 0 Å². The lowest BCUT2D eigenvalue weighted by Gasteiger charge is -2.18. The number of nitrogens with one attached hydrogen (secondary N) is 1. The van der Waals surface area contributed by atoms with Crippen molar-refractivity contribution in [3.8, 4) is 0 Å². The summed E-state index contributed by atoms with van der Waals surface area (Å²) in [6.45, 7) is 0. The second-order valence-electron chi connectivity index (χ2n) is 4.11. The Labute approximate surface area is 110 Å². The van der Waals surface area contributed by atoms with Crippen molar-refractivity contribution in [2.45, 2.75) is 0 Å². The molecule has 0 bridgehead atoms. The van der Waals surface area contributed by atoms with Crippen LogP contribution in [0.25, 0.3) is 5.65 Å². The van der Waals surface area contributed by atoms with Crippen molar-refractivity contribution in [2.75, 3.05) is 24.3 Å². The van der Waals surface area contributed by atoms with E-state index in [0.717, 1.165) is 17.2 Å². The lowest BCUT2D eigenvalue weighted by atomic mass is 10.3. The Balaban J connectivity index is 2.13. The summed E-state index contributed by atoms with van der Waals surface area (Å²) in [5.41, 5.74) is 1.77. The van der Waals surface area contributed by atoms with Gasteiger partial charge in [-0.2, -0.15) is 0 Å². The zero-order valence-corrected chi connectivity index (χ0v) is 10.8. The molecular formula is C13H14N6. The molecule has 2 heterocycles. The van der Waals surface area contributed by atoms with Crippen LogP contribution >= 0.6 is 0 Å². The summed E-state index contributed by atoms with van der Waals surface area (Å²) in [6, 6.07) is 10.0. The van der Waals surface area contributed by atoms with Gasteiger partial charge >= 0.3 is 0 Å². The van der Waals surface area contributed by atoms with Gasteiger partial charge in [0, 0.05) is 32.2 Å². The summed E-state index contributed by atoms with van der Waals surface area (Å²) in [5, 5.41) is 11.3. The van der Waals surface area contributed by atoms with Crippen LogP contribution in [0, 0.1) is 0 Å². The lowest BCUT2D eigenvalue weighted by Crippen LogP contribution is -2.12. The van der Waals surface area contributed by atoms with Gasteiger partial charge < -0.3 is 10.2 Å². The Morgan fingerprint density at radius 3 is 2.68 bits per heavy atom. The van der Waals surface area contributed by atoms with Gasteiger partial charge in [0.15, 0.2) is 5.82 Å². The van der Waals surface area contributed by atoms with Crippen LogP contribution in [-0.4, -0.2) is 33.7 Å². The van der Waals surface area contributed by atoms with Crippen LogP contribution in [0.4, 0.5) is 17.5 Å². The Morgan fingerprint density at radius 2 is 1.95 bits per heavy atom. The summed E-state index contributed by atoms with van der Waals surface area (Å²) < 4.78 is 1.88. The molecule has 0 aliphatic heterocycles. The number of para-hydroxylation sites is 1. The molecule has 19 heavy (non-hydrogen) atoms. The molecule has 0 aliphatic rings. The third-order valence-electron chi connectivity index (χ3n) is 2.99. The molecule has 6 heteroatoms. The highest BCUT2D eigenvalue weighted by atomic mass is 15.3. The summed E-state index contributed by atoms with van der Waals surface area (Å²) in [7, 11) is 3.78. The normalized spacial score (nSPS) is 10.6. The molecule has 0 fully saturated rings. The second kappa shape index (κ2) is 4.56. The first-order valence-electron chi connectivity index (χ1n) is 5.97. The van der Waals surface area contributed by atoms with Crippen molar-refractivity contribution in [3.05, 3.63) is 42.7 Å². The highest BCUT2D eigenvalue weighted by Gasteiger charge is 2.13. The van der Waals surface area contributed by atoms with Crippen molar-refractivity contribution in [3.63, 3.8) is 0 Å². The quantitative estimate of drug-likeness (QED) is 0.774.